The molecule has 0 aliphatic rings. The summed E-state index contributed by atoms with van der Waals surface area (Å²) >= 11 is 0. The largest absolute Gasteiger partial charge is 0.456 e. The molecule has 1 aromatic carbocycles. The van der Waals surface area contributed by atoms with Gasteiger partial charge >= 0.3 is 5.97 Å². The number of nitrogens with zero attached hydrogens (tertiary/aromatic N) is 3. The molecule has 0 amide bonds. The summed E-state index contributed by atoms with van der Waals surface area (Å²) in [7, 11) is 1.75. The molecule has 2 aromatic heterocycles. The third kappa shape index (κ3) is 3.04. The van der Waals surface area contributed by atoms with Crippen molar-refractivity contribution >= 4 is 5.97 Å². The number of hydrogen-bond acceptors (Lipinski definition) is 3. The second-order valence-corrected chi connectivity index (χ2v) is 5.52. The van der Waals surface area contributed by atoms with Crippen LogP contribution in [0.1, 0.15) is 27.4 Å². The number of ether oxygens (including phenoxy) is 1. The molecule has 0 atom stereocenters. The van der Waals surface area contributed by atoms with Gasteiger partial charge in [0.15, 0.2) is 5.82 Å². The van der Waals surface area contributed by atoms with E-state index in [0.717, 1.165) is 22.8 Å². The van der Waals surface area contributed by atoms with Gasteiger partial charge in [0, 0.05) is 24.5 Å². The summed E-state index contributed by atoms with van der Waals surface area (Å²) in [6, 6.07) is 15.4. The first-order valence-corrected chi connectivity index (χ1v) is 7.46. The highest BCUT2D eigenvalue weighted by molar-refractivity contribution is 5.88. The fourth-order valence-corrected chi connectivity index (χ4v) is 2.58. The maximum absolute atomic E-state index is 12.3. The minimum atomic E-state index is -0.377. The molecule has 0 aliphatic carbocycles. The van der Waals surface area contributed by atoms with Gasteiger partial charge in [0.2, 0.25) is 0 Å². The normalized spacial score (nSPS) is 10.7. The molecule has 118 valence electrons. The third-order valence-corrected chi connectivity index (χ3v) is 3.79. The predicted octanol–water partition coefficient (Wildman–Crippen LogP) is 3.18. The molecule has 0 radical (unpaired) electrons. The van der Waals surface area contributed by atoms with E-state index in [9.17, 15) is 4.79 Å². The molecule has 0 saturated heterocycles. The number of aromatic nitrogens is 3. The standard InChI is InChI=1S/C18H19N3O2/c1-13-9-10-14(2)21(13)17-11-16(20(3)19-17)18(22)23-12-15-7-5-4-6-8-15/h4-11H,12H2,1-3H3. The van der Waals surface area contributed by atoms with Crippen LogP contribution in [-0.2, 0) is 18.4 Å². The Kier molecular flexibility index (Phi) is 4.02. The van der Waals surface area contributed by atoms with Crippen LogP contribution in [0.25, 0.3) is 5.82 Å². The fraction of sp³-hybridized carbons (Fsp3) is 0.222. The van der Waals surface area contributed by atoms with E-state index in [1.807, 2.05) is 60.9 Å². The van der Waals surface area contributed by atoms with E-state index in [0.29, 0.717) is 5.69 Å². The summed E-state index contributed by atoms with van der Waals surface area (Å²) in [6.45, 7) is 4.27. The SMILES string of the molecule is Cc1ccc(C)n1-c1cc(C(=O)OCc2ccccc2)n(C)n1. The number of benzene rings is 1. The van der Waals surface area contributed by atoms with E-state index in [4.69, 9.17) is 4.74 Å². The van der Waals surface area contributed by atoms with E-state index >= 15 is 0 Å². The van der Waals surface area contributed by atoms with Gasteiger partial charge in [-0.2, -0.15) is 5.10 Å². The molecule has 5 heteroatoms. The van der Waals surface area contributed by atoms with Crippen LogP contribution in [-0.4, -0.2) is 20.3 Å². The quantitative estimate of drug-likeness (QED) is 0.695. The van der Waals surface area contributed by atoms with Crippen LogP contribution in [0.4, 0.5) is 0 Å². The first kappa shape index (κ1) is 15.1. The molecule has 23 heavy (non-hydrogen) atoms. The van der Waals surface area contributed by atoms with Gasteiger partial charge in [-0.15, -0.1) is 0 Å². The maximum atomic E-state index is 12.3. The Labute approximate surface area is 135 Å². The molecule has 0 N–H and O–H groups in total. The molecular weight excluding hydrogens is 290 g/mol. The zero-order valence-corrected chi connectivity index (χ0v) is 13.5. The summed E-state index contributed by atoms with van der Waals surface area (Å²) in [6.07, 6.45) is 0. The van der Waals surface area contributed by atoms with Crippen molar-refractivity contribution in [2.75, 3.05) is 0 Å². The summed E-state index contributed by atoms with van der Waals surface area (Å²) in [5, 5.41) is 4.43. The predicted molar refractivity (Wildman–Crippen MR) is 87.6 cm³/mol. The van der Waals surface area contributed by atoms with Crippen molar-refractivity contribution in [3.63, 3.8) is 0 Å². The van der Waals surface area contributed by atoms with Gasteiger partial charge in [-0.05, 0) is 31.5 Å². The van der Waals surface area contributed by atoms with Crippen LogP contribution < -0.4 is 0 Å². The highest BCUT2D eigenvalue weighted by Gasteiger charge is 2.17. The molecule has 3 aromatic rings. The molecule has 0 bridgehead atoms. The zero-order valence-electron chi connectivity index (χ0n) is 13.5. The van der Waals surface area contributed by atoms with Gasteiger partial charge in [0.1, 0.15) is 12.3 Å². The monoisotopic (exact) mass is 309 g/mol. The molecule has 3 rings (SSSR count). The average Bonchev–Trinajstić information content (AvgIpc) is 3.08. The Hall–Kier alpha value is -2.82. The average molecular weight is 309 g/mol. The number of rotatable bonds is 4. The van der Waals surface area contributed by atoms with Crippen molar-refractivity contribution in [2.24, 2.45) is 7.05 Å². The summed E-state index contributed by atoms with van der Waals surface area (Å²) < 4.78 is 8.94. The number of esters is 1. The number of carbonyl (C=O) groups excluding carboxylic acids is 1. The van der Waals surface area contributed by atoms with Crippen LogP contribution in [0.2, 0.25) is 0 Å². The molecular formula is C18H19N3O2. The van der Waals surface area contributed by atoms with Crippen molar-refractivity contribution in [1.82, 2.24) is 14.3 Å². The maximum Gasteiger partial charge on any atom is 0.357 e. The Morgan fingerprint density at radius 3 is 2.39 bits per heavy atom. The lowest BCUT2D eigenvalue weighted by molar-refractivity contribution is 0.0460. The Balaban J connectivity index is 1.79. The highest BCUT2D eigenvalue weighted by Crippen LogP contribution is 2.17. The van der Waals surface area contributed by atoms with Crippen LogP contribution in [0, 0.1) is 13.8 Å². The second-order valence-electron chi connectivity index (χ2n) is 5.52. The Bertz CT molecular complexity index is 812. The van der Waals surface area contributed by atoms with Crippen molar-refractivity contribution < 1.29 is 9.53 Å². The van der Waals surface area contributed by atoms with Crippen molar-refractivity contribution in [2.45, 2.75) is 20.5 Å². The van der Waals surface area contributed by atoms with E-state index in [2.05, 4.69) is 5.10 Å². The summed E-state index contributed by atoms with van der Waals surface area (Å²) in [4.78, 5) is 12.3. The molecule has 2 heterocycles. The first-order valence-electron chi connectivity index (χ1n) is 7.46. The lowest BCUT2D eigenvalue weighted by atomic mass is 10.2. The van der Waals surface area contributed by atoms with Crippen molar-refractivity contribution in [3.05, 3.63) is 71.2 Å². The van der Waals surface area contributed by atoms with Gasteiger partial charge in [-0.25, -0.2) is 4.79 Å². The van der Waals surface area contributed by atoms with Gasteiger partial charge in [-0.1, -0.05) is 30.3 Å². The van der Waals surface area contributed by atoms with Gasteiger partial charge in [0.25, 0.3) is 0 Å². The van der Waals surface area contributed by atoms with E-state index in [1.165, 1.54) is 0 Å². The van der Waals surface area contributed by atoms with Crippen LogP contribution in [0.3, 0.4) is 0 Å². The van der Waals surface area contributed by atoms with Crippen LogP contribution >= 0.6 is 0 Å². The molecule has 0 fully saturated rings. The molecule has 0 saturated carbocycles. The fourth-order valence-electron chi connectivity index (χ4n) is 2.58. The van der Waals surface area contributed by atoms with E-state index in [-0.39, 0.29) is 12.6 Å². The topological polar surface area (TPSA) is 49.0 Å². The van der Waals surface area contributed by atoms with Gasteiger partial charge in [0.05, 0.1) is 0 Å². The highest BCUT2D eigenvalue weighted by atomic mass is 16.5. The molecule has 5 nitrogen and oxygen atoms in total. The number of hydrogen-bond donors (Lipinski definition) is 0. The lowest BCUT2D eigenvalue weighted by Crippen LogP contribution is -2.10. The van der Waals surface area contributed by atoms with Crippen molar-refractivity contribution in [3.8, 4) is 5.82 Å². The first-order chi connectivity index (χ1) is 11.1. The number of carbonyl (C=O) groups is 1. The Morgan fingerprint density at radius 1 is 1.09 bits per heavy atom. The van der Waals surface area contributed by atoms with Gasteiger partial charge in [-0.3, -0.25) is 4.68 Å². The minimum Gasteiger partial charge on any atom is -0.456 e. The summed E-state index contributed by atoms with van der Waals surface area (Å²) in [5.41, 5.74) is 3.54. The lowest BCUT2D eigenvalue weighted by Gasteiger charge is -2.04. The van der Waals surface area contributed by atoms with E-state index in [1.54, 1.807) is 17.8 Å². The molecule has 0 unspecified atom stereocenters. The second kappa shape index (κ2) is 6.12. The third-order valence-electron chi connectivity index (χ3n) is 3.79. The molecule has 0 spiro atoms. The van der Waals surface area contributed by atoms with Crippen LogP contribution in [0.5, 0.6) is 0 Å². The van der Waals surface area contributed by atoms with Crippen molar-refractivity contribution in [1.29, 1.82) is 0 Å². The van der Waals surface area contributed by atoms with Gasteiger partial charge < -0.3 is 9.30 Å². The number of aryl methyl sites for hydroxylation is 3. The van der Waals surface area contributed by atoms with E-state index < -0.39 is 0 Å². The Morgan fingerprint density at radius 2 is 1.74 bits per heavy atom. The zero-order chi connectivity index (χ0) is 16.4. The molecule has 0 aliphatic heterocycles. The van der Waals surface area contributed by atoms with Crippen LogP contribution in [0.15, 0.2) is 48.5 Å². The minimum absolute atomic E-state index is 0.252. The summed E-state index contributed by atoms with van der Waals surface area (Å²) in [5.74, 6) is 0.344. The smallest absolute Gasteiger partial charge is 0.357 e.